The zero-order valence-corrected chi connectivity index (χ0v) is 10.7. The highest BCUT2D eigenvalue weighted by Crippen LogP contribution is 2.30. The highest BCUT2D eigenvalue weighted by molar-refractivity contribution is 5.37. The third kappa shape index (κ3) is 4.08. The molecule has 0 bridgehead atoms. The van der Waals surface area contributed by atoms with Gasteiger partial charge in [0.15, 0.2) is 0 Å². The van der Waals surface area contributed by atoms with E-state index in [4.69, 9.17) is 9.84 Å². The van der Waals surface area contributed by atoms with Gasteiger partial charge in [0, 0.05) is 25.1 Å². The SMILES string of the molecule is OCCN(CC1Cc2cc(F)ccc2O1)CC(F)(F)F. The van der Waals surface area contributed by atoms with Crippen LogP contribution in [0, 0.1) is 5.82 Å². The van der Waals surface area contributed by atoms with E-state index in [1.807, 2.05) is 0 Å². The molecule has 1 aliphatic heterocycles. The van der Waals surface area contributed by atoms with Crippen LogP contribution in [0.2, 0.25) is 0 Å². The van der Waals surface area contributed by atoms with Crippen molar-refractivity contribution in [3.63, 3.8) is 0 Å². The van der Waals surface area contributed by atoms with Crippen LogP contribution in [0.15, 0.2) is 18.2 Å². The van der Waals surface area contributed by atoms with Crippen LogP contribution in [-0.4, -0.2) is 48.5 Å². The number of hydrogen-bond donors (Lipinski definition) is 1. The molecule has 1 unspecified atom stereocenters. The number of aliphatic hydroxyl groups excluding tert-OH is 1. The van der Waals surface area contributed by atoms with E-state index in [1.54, 1.807) is 0 Å². The van der Waals surface area contributed by atoms with Gasteiger partial charge in [-0.25, -0.2) is 4.39 Å². The van der Waals surface area contributed by atoms with Gasteiger partial charge in [-0.05, 0) is 18.2 Å². The van der Waals surface area contributed by atoms with E-state index in [9.17, 15) is 17.6 Å². The van der Waals surface area contributed by atoms with Crippen molar-refractivity contribution in [1.82, 2.24) is 4.90 Å². The number of halogens is 4. The molecule has 1 aliphatic rings. The van der Waals surface area contributed by atoms with Crippen LogP contribution in [0.25, 0.3) is 0 Å². The summed E-state index contributed by atoms with van der Waals surface area (Å²) in [5.74, 6) is 0.114. The molecule has 1 N–H and O–H groups in total. The minimum atomic E-state index is -4.33. The molecule has 0 spiro atoms. The van der Waals surface area contributed by atoms with E-state index >= 15 is 0 Å². The summed E-state index contributed by atoms with van der Waals surface area (Å²) in [4.78, 5) is 1.09. The Morgan fingerprint density at radius 3 is 2.75 bits per heavy atom. The molecule has 112 valence electrons. The van der Waals surface area contributed by atoms with Gasteiger partial charge in [-0.3, -0.25) is 4.90 Å². The molecule has 1 atom stereocenters. The third-order valence-corrected chi connectivity index (χ3v) is 3.04. The molecule has 1 aromatic carbocycles. The maximum Gasteiger partial charge on any atom is 0.401 e. The Hall–Kier alpha value is -1.34. The van der Waals surface area contributed by atoms with Crippen molar-refractivity contribution < 1.29 is 27.4 Å². The first-order chi connectivity index (χ1) is 9.37. The Morgan fingerprint density at radius 2 is 2.10 bits per heavy atom. The van der Waals surface area contributed by atoms with Crippen molar-refractivity contribution in [2.75, 3.05) is 26.2 Å². The van der Waals surface area contributed by atoms with Crippen molar-refractivity contribution in [3.8, 4) is 5.75 Å². The minimum absolute atomic E-state index is 0.0381. The van der Waals surface area contributed by atoms with E-state index in [0.717, 1.165) is 4.90 Å². The van der Waals surface area contributed by atoms with Crippen LogP contribution >= 0.6 is 0 Å². The third-order valence-electron chi connectivity index (χ3n) is 3.04. The lowest BCUT2D eigenvalue weighted by atomic mass is 10.1. The first kappa shape index (κ1) is 15.1. The van der Waals surface area contributed by atoms with Crippen LogP contribution < -0.4 is 4.74 Å². The van der Waals surface area contributed by atoms with Crippen molar-refractivity contribution in [3.05, 3.63) is 29.6 Å². The zero-order chi connectivity index (χ0) is 14.8. The molecule has 0 saturated heterocycles. The number of rotatable bonds is 5. The Kier molecular flexibility index (Phi) is 4.49. The fourth-order valence-corrected chi connectivity index (χ4v) is 2.31. The molecule has 1 heterocycles. The smallest absolute Gasteiger partial charge is 0.401 e. The topological polar surface area (TPSA) is 32.7 Å². The van der Waals surface area contributed by atoms with Gasteiger partial charge >= 0.3 is 6.18 Å². The summed E-state index contributed by atoms with van der Waals surface area (Å²) >= 11 is 0. The van der Waals surface area contributed by atoms with Crippen molar-refractivity contribution in [1.29, 1.82) is 0 Å². The van der Waals surface area contributed by atoms with Crippen LogP contribution in [-0.2, 0) is 6.42 Å². The van der Waals surface area contributed by atoms with Crippen LogP contribution in [0.3, 0.4) is 0 Å². The van der Waals surface area contributed by atoms with Gasteiger partial charge in [-0.1, -0.05) is 0 Å². The van der Waals surface area contributed by atoms with E-state index in [1.165, 1.54) is 18.2 Å². The monoisotopic (exact) mass is 293 g/mol. The molecule has 1 aromatic rings. The predicted octanol–water partition coefficient (Wildman–Crippen LogP) is 1.99. The van der Waals surface area contributed by atoms with Gasteiger partial charge in [0.05, 0.1) is 13.2 Å². The molecular weight excluding hydrogens is 278 g/mol. The lowest BCUT2D eigenvalue weighted by molar-refractivity contribution is -0.148. The van der Waals surface area contributed by atoms with Gasteiger partial charge in [0.25, 0.3) is 0 Å². The van der Waals surface area contributed by atoms with Gasteiger partial charge in [0.1, 0.15) is 17.7 Å². The predicted molar refractivity (Wildman–Crippen MR) is 64.1 cm³/mol. The number of nitrogens with zero attached hydrogens (tertiary/aromatic N) is 1. The van der Waals surface area contributed by atoms with Gasteiger partial charge in [-0.15, -0.1) is 0 Å². The summed E-state index contributed by atoms with van der Waals surface area (Å²) in [6, 6.07) is 4.06. The summed E-state index contributed by atoms with van der Waals surface area (Å²) in [7, 11) is 0. The summed E-state index contributed by atoms with van der Waals surface area (Å²) < 4.78 is 55.8. The number of alkyl halides is 3. The van der Waals surface area contributed by atoms with Gasteiger partial charge < -0.3 is 9.84 Å². The van der Waals surface area contributed by atoms with Crippen LogP contribution in [0.4, 0.5) is 17.6 Å². The molecular formula is C13H15F4NO2. The standard InChI is InChI=1S/C13H15F4NO2/c14-10-1-2-12-9(5-10)6-11(20-12)7-18(3-4-19)8-13(15,16)17/h1-2,5,11,19H,3-4,6-8H2. The molecule has 0 saturated carbocycles. The Labute approximate surface area is 113 Å². The number of aliphatic hydroxyl groups is 1. The molecule has 7 heteroatoms. The highest BCUT2D eigenvalue weighted by atomic mass is 19.4. The van der Waals surface area contributed by atoms with Crippen molar-refractivity contribution in [2.24, 2.45) is 0 Å². The number of fused-ring (bicyclic) bond motifs is 1. The quantitative estimate of drug-likeness (QED) is 0.843. The van der Waals surface area contributed by atoms with E-state index < -0.39 is 24.6 Å². The van der Waals surface area contributed by atoms with Gasteiger partial charge in [0.2, 0.25) is 0 Å². The second-order valence-electron chi connectivity index (χ2n) is 4.77. The summed E-state index contributed by atoms with van der Waals surface area (Å²) in [5.41, 5.74) is 0.658. The zero-order valence-electron chi connectivity index (χ0n) is 10.7. The highest BCUT2D eigenvalue weighted by Gasteiger charge is 2.33. The fourth-order valence-electron chi connectivity index (χ4n) is 2.31. The second-order valence-corrected chi connectivity index (χ2v) is 4.77. The van der Waals surface area contributed by atoms with E-state index in [-0.39, 0.29) is 19.7 Å². The number of hydrogen-bond acceptors (Lipinski definition) is 3. The lowest BCUT2D eigenvalue weighted by Gasteiger charge is -2.25. The molecule has 0 aromatic heterocycles. The van der Waals surface area contributed by atoms with Crippen LogP contribution in [0.1, 0.15) is 5.56 Å². The first-order valence-electron chi connectivity index (χ1n) is 6.22. The van der Waals surface area contributed by atoms with Gasteiger partial charge in [-0.2, -0.15) is 13.2 Å². The molecule has 2 rings (SSSR count). The Bertz CT molecular complexity index is 464. The molecule has 0 amide bonds. The van der Waals surface area contributed by atoms with Crippen molar-refractivity contribution in [2.45, 2.75) is 18.7 Å². The molecule has 20 heavy (non-hydrogen) atoms. The maximum atomic E-state index is 13.0. The molecule has 0 fully saturated rings. The van der Waals surface area contributed by atoms with E-state index in [2.05, 4.69) is 0 Å². The average molecular weight is 293 g/mol. The summed E-state index contributed by atoms with van der Waals surface area (Å²) in [6.45, 7) is -1.50. The normalized spacial score (nSPS) is 18.2. The largest absolute Gasteiger partial charge is 0.488 e. The van der Waals surface area contributed by atoms with Crippen molar-refractivity contribution >= 4 is 0 Å². The second kappa shape index (κ2) is 5.97. The Balaban J connectivity index is 1.96. The molecule has 0 aliphatic carbocycles. The number of benzene rings is 1. The number of ether oxygens (including phenoxy) is 1. The minimum Gasteiger partial charge on any atom is -0.488 e. The summed E-state index contributed by atoms with van der Waals surface area (Å²) in [5, 5.41) is 8.82. The van der Waals surface area contributed by atoms with Crippen LogP contribution in [0.5, 0.6) is 5.75 Å². The Morgan fingerprint density at radius 1 is 1.35 bits per heavy atom. The average Bonchev–Trinajstić information content (AvgIpc) is 2.68. The fraction of sp³-hybridized carbons (Fsp3) is 0.538. The maximum absolute atomic E-state index is 13.0. The molecule has 3 nitrogen and oxygen atoms in total. The van der Waals surface area contributed by atoms with E-state index in [0.29, 0.717) is 17.7 Å². The first-order valence-corrected chi connectivity index (χ1v) is 6.22. The summed E-state index contributed by atoms with van der Waals surface area (Å²) in [6.07, 6.45) is -4.42. The lowest BCUT2D eigenvalue weighted by Crippen LogP contribution is -2.42. The molecule has 0 radical (unpaired) electrons.